The van der Waals surface area contributed by atoms with E-state index in [4.69, 9.17) is 8.22 Å². The van der Waals surface area contributed by atoms with Gasteiger partial charge in [-0.1, -0.05) is 46.1 Å². The standard InChI is InChI=1S/C27H46O2/c1-17(2)25(29)11-6-18(3)22-9-10-23-21-8-7-19-16-20(28)12-14-26(19,4)24(21)13-15-27(22,23)5/h7,17-18,20-25,28-29H,6,8-16H2,1-5H3/t18-,20+,21+,22-,23+,24+,25?,26+,27-/m1/s1/i1D3,2D3. The second-order valence-electron chi connectivity index (χ2n) is 11.5. The molecule has 4 aliphatic carbocycles. The highest BCUT2D eigenvalue weighted by Crippen LogP contribution is 2.67. The van der Waals surface area contributed by atoms with Crippen LogP contribution in [0.1, 0.15) is 107 Å². The lowest BCUT2D eigenvalue weighted by atomic mass is 9.47. The molecule has 2 N–H and O–H groups in total. The topological polar surface area (TPSA) is 40.5 Å². The Morgan fingerprint density at radius 3 is 2.66 bits per heavy atom. The van der Waals surface area contributed by atoms with Crippen LogP contribution in [0.15, 0.2) is 11.6 Å². The molecule has 0 saturated heterocycles. The van der Waals surface area contributed by atoms with Gasteiger partial charge in [0.05, 0.1) is 12.2 Å². The highest BCUT2D eigenvalue weighted by Gasteiger charge is 2.59. The summed E-state index contributed by atoms with van der Waals surface area (Å²) in [6.07, 6.45) is 10.6. The first kappa shape index (κ1) is 15.5. The van der Waals surface area contributed by atoms with Crippen molar-refractivity contribution in [2.75, 3.05) is 0 Å². The van der Waals surface area contributed by atoms with Gasteiger partial charge in [-0.25, -0.2) is 0 Å². The zero-order chi connectivity index (χ0) is 26.0. The third-order valence-corrected chi connectivity index (χ3v) is 10.1. The maximum atomic E-state index is 10.6. The molecular formula is C27H46O2. The minimum absolute atomic E-state index is 0.179. The summed E-state index contributed by atoms with van der Waals surface area (Å²) in [5, 5.41) is 20.9. The largest absolute Gasteiger partial charge is 0.393 e. The number of aliphatic hydroxyl groups is 2. The van der Waals surface area contributed by atoms with Crippen LogP contribution in [-0.2, 0) is 0 Å². The summed E-state index contributed by atoms with van der Waals surface area (Å²) in [6, 6.07) is 0. The summed E-state index contributed by atoms with van der Waals surface area (Å²) in [5.74, 6) is 1.21. The molecule has 1 unspecified atom stereocenters. The Morgan fingerprint density at radius 1 is 1.10 bits per heavy atom. The van der Waals surface area contributed by atoms with Crippen LogP contribution in [0.5, 0.6) is 0 Å². The van der Waals surface area contributed by atoms with Crippen molar-refractivity contribution in [3.63, 3.8) is 0 Å². The van der Waals surface area contributed by atoms with Gasteiger partial charge in [-0.3, -0.25) is 0 Å². The third kappa shape index (κ3) is 3.65. The van der Waals surface area contributed by atoms with Gasteiger partial charge in [0.25, 0.3) is 0 Å². The summed E-state index contributed by atoms with van der Waals surface area (Å²) in [6.45, 7) is 1.75. The maximum Gasteiger partial charge on any atom is 0.0577 e. The lowest BCUT2D eigenvalue weighted by Gasteiger charge is -2.58. The van der Waals surface area contributed by atoms with Crippen molar-refractivity contribution in [2.45, 2.75) is 111 Å². The molecule has 3 fully saturated rings. The number of rotatable bonds is 5. The number of allylic oxidation sites excluding steroid dienone is 1. The van der Waals surface area contributed by atoms with Crippen molar-refractivity contribution in [3.8, 4) is 0 Å². The molecular weight excluding hydrogens is 356 g/mol. The van der Waals surface area contributed by atoms with E-state index in [9.17, 15) is 10.2 Å². The van der Waals surface area contributed by atoms with Crippen LogP contribution in [0.4, 0.5) is 0 Å². The third-order valence-electron chi connectivity index (χ3n) is 10.1. The van der Waals surface area contributed by atoms with Gasteiger partial charge in [0, 0.05) is 8.22 Å². The van der Waals surface area contributed by atoms with E-state index in [1.165, 1.54) is 24.8 Å². The zero-order valence-corrected chi connectivity index (χ0v) is 18.7. The van der Waals surface area contributed by atoms with Crippen LogP contribution < -0.4 is 0 Å². The van der Waals surface area contributed by atoms with E-state index in [0.29, 0.717) is 36.0 Å². The summed E-state index contributed by atoms with van der Waals surface area (Å²) in [5.41, 5.74) is 1.97. The molecule has 0 amide bonds. The molecule has 0 aromatic carbocycles. The monoisotopic (exact) mass is 408 g/mol. The van der Waals surface area contributed by atoms with E-state index in [2.05, 4.69) is 26.8 Å². The van der Waals surface area contributed by atoms with Gasteiger partial charge in [0.15, 0.2) is 0 Å². The van der Waals surface area contributed by atoms with Gasteiger partial charge in [0.2, 0.25) is 0 Å². The highest BCUT2D eigenvalue weighted by atomic mass is 16.3. The smallest absolute Gasteiger partial charge is 0.0577 e. The predicted molar refractivity (Wildman–Crippen MR) is 120 cm³/mol. The van der Waals surface area contributed by atoms with E-state index < -0.39 is 25.7 Å². The molecule has 9 atom stereocenters. The van der Waals surface area contributed by atoms with Gasteiger partial charge < -0.3 is 10.2 Å². The molecule has 0 radical (unpaired) electrons. The lowest BCUT2D eigenvalue weighted by molar-refractivity contribution is -0.0579. The van der Waals surface area contributed by atoms with Crippen LogP contribution in [0.25, 0.3) is 0 Å². The molecule has 0 aromatic heterocycles. The molecule has 0 spiro atoms. The van der Waals surface area contributed by atoms with E-state index >= 15 is 0 Å². The van der Waals surface area contributed by atoms with Crippen molar-refractivity contribution >= 4 is 0 Å². The molecule has 29 heavy (non-hydrogen) atoms. The molecule has 0 bridgehead atoms. The second-order valence-corrected chi connectivity index (χ2v) is 11.5. The van der Waals surface area contributed by atoms with Crippen molar-refractivity contribution in [3.05, 3.63) is 11.6 Å². The van der Waals surface area contributed by atoms with Crippen LogP contribution in [0.2, 0.25) is 0 Å². The molecule has 0 aliphatic heterocycles. The number of hydrogen-bond donors (Lipinski definition) is 2. The summed E-state index contributed by atoms with van der Waals surface area (Å²) < 4.78 is 45.9. The van der Waals surface area contributed by atoms with Crippen molar-refractivity contribution in [2.24, 2.45) is 46.3 Å². The minimum atomic E-state index is -2.70. The SMILES string of the molecule is [2H]C([2H])([2H])C(C(O)CC[C@@H](C)[C@H]1CC[C@H]2[C@@H]3CC=C4C[C@@H](O)CC[C@]4(C)[C@H]3CC[C@]12C)C([2H])([2H])[2H]. The van der Waals surface area contributed by atoms with E-state index in [1.807, 2.05) is 0 Å². The Morgan fingerprint density at radius 2 is 1.90 bits per heavy atom. The summed E-state index contributed by atoms with van der Waals surface area (Å²) in [4.78, 5) is 0. The van der Waals surface area contributed by atoms with E-state index in [1.54, 1.807) is 0 Å². The fraction of sp³-hybridized carbons (Fsp3) is 0.926. The fourth-order valence-corrected chi connectivity index (χ4v) is 8.42. The van der Waals surface area contributed by atoms with Crippen molar-refractivity contribution in [1.82, 2.24) is 0 Å². The maximum absolute atomic E-state index is 10.6. The average molecular weight is 409 g/mol. The minimum Gasteiger partial charge on any atom is -0.393 e. The Hall–Kier alpha value is -0.340. The predicted octanol–water partition coefficient (Wildman–Crippen LogP) is 6.36. The van der Waals surface area contributed by atoms with E-state index in [-0.39, 0.29) is 23.4 Å². The van der Waals surface area contributed by atoms with Crippen LogP contribution in [0.3, 0.4) is 0 Å². The molecule has 2 nitrogen and oxygen atoms in total. The Bertz CT molecular complexity index is 792. The molecule has 0 heterocycles. The van der Waals surface area contributed by atoms with E-state index in [0.717, 1.165) is 32.1 Å². The quantitative estimate of drug-likeness (QED) is 0.520. The van der Waals surface area contributed by atoms with Gasteiger partial charge in [0.1, 0.15) is 0 Å². The Labute approximate surface area is 188 Å². The molecule has 4 aliphatic rings. The lowest BCUT2D eigenvalue weighted by Crippen LogP contribution is -2.50. The molecule has 4 rings (SSSR count). The Balaban J connectivity index is 1.44. The van der Waals surface area contributed by atoms with Crippen molar-refractivity contribution in [1.29, 1.82) is 0 Å². The first-order valence-corrected chi connectivity index (χ1v) is 12.1. The molecule has 3 saturated carbocycles. The first-order chi connectivity index (χ1) is 16.1. The summed E-state index contributed by atoms with van der Waals surface area (Å²) in [7, 11) is 0. The second kappa shape index (κ2) is 7.97. The van der Waals surface area contributed by atoms with Crippen molar-refractivity contribution < 1.29 is 18.4 Å². The fourth-order valence-electron chi connectivity index (χ4n) is 8.42. The van der Waals surface area contributed by atoms with Gasteiger partial charge >= 0.3 is 0 Å². The normalized spacial score (nSPS) is 50.4. The number of fused-ring (bicyclic) bond motifs is 5. The highest BCUT2D eigenvalue weighted by molar-refractivity contribution is 5.25. The Kier molecular flexibility index (Phi) is 4.25. The molecule has 0 aromatic rings. The average Bonchev–Trinajstić information content (AvgIpc) is 3.07. The molecule has 166 valence electrons. The van der Waals surface area contributed by atoms with Crippen LogP contribution >= 0.6 is 0 Å². The molecule has 2 heteroatoms. The van der Waals surface area contributed by atoms with Crippen LogP contribution in [-0.4, -0.2) is 22.4 Å². The first-order valence-electron chi connectivity index (χ1n) is 15.1. The number of hydrogen-bond acceptors (Lipinski definition) is 2. The zero-order valence-electron chi connectivity index (χ0n) is 24.7. The van der Waals surface area contributed by atoms with Gasteiger partial charge in [-0.05, 0) is 111 Å². The van der Waals surface area contributed by atoms with Crippen LogP contribution in [0, 0.1) is 46.3 Å². The van der Waals surface area contributed by atoms with Gasteiger partial charge in [-0.2, -0.15) is 0 Å². The van der Waals surface area contributed by atoms with Gasteiger partial charge in [-0.15, -0.1) is 0 Å². The number of aliphatic hydroxyl groups excluding tert-OH is 2. The summed E-state index contributed by atoms with van der Waals surface area (Å²) >= 11 is 0.